The summed E-state index contributed by atoms with van der Waals surface area (Å²) in [6, 6.07) is 28.7. The number of hydrogen-bond donors (Lipinski definition) is 1. The van der Waals surface area contributed by atoms with Crippen molar-refractivity contribution >= 4 is 13.3 Å². The highest BCUT2D eigenvalue weighted by Crippen LogP contribution is 2.44. The lowest BCUT2D eigenvalue weighted by atomic mass is 9.77. The predicted octanol–water partition coefficient (Wildman–Crippen LogP) is 8.39. The summed E-state index contributed by atoms with van der Waals surface area (Å²) >= 11 is 0. The molecule has 9 heteroatoms. The van der Waals surface area contributed by atoms with Crippen LogP contribution in [0.3, 0.4) is 0 Å². The summed E-state index contributed by atoms with van der Waals surface area (Å²) in [6.07, 6.45) is 4.63. The zero-order valence-electron chi connectivity index (χ0n) is 25.3. The van der Waals surface area contributed by atoms with Crippen molar-refractivity contribution in [2.75, 3.05) is 6.54 Å². The van der Waals surface area contributed by atoms with Gasteiger partial charge in [-0.1, -0.05) is 66.7 Å². The molecule has 230 valence electrons. The van der Waals surface area contributed by atoms with Gasteiger partial charge in [0.05, 0.1) is 0 Å². The molecule has 3 aromatic carbocycles. The lowest BCUT2D eigenvalue weighted by Crippen LogP contribution is -2.44. The number of rotatable bonds is 5. The molecule has 0 unspecified atom stereocenters. The average molecular weight is 604 g/mol. The molecule has 2 aliphatic carbocycles. The molecular weight excluding hydrogens is 567 g/mol. The Morgan fingerprint density at radius 1 is 0.773 bits per heavy atom. The number of ether oxygens (including phenoxy) is 1. The third-order valence-corrected chi connectivity index (χ3v) is 7.84. The Kier molecular flexibility index (Phi) is 9.14. The number of nitrogens with one attached hydrogen (secondary N) is 1. The number of pyridine rings is 1. The molecule has 44 heavy (non-hydrogen) atoms. The van der Waals surface area contributed by atoms with E-state index in [0.717, 1.165) is 38.6 Å². The van der Waals surface area contributed by atoms with Crippen molar-refractivity contribution in [1.82, 2.24) is 5.32 Å². The van der Waals surface area contributed by atoms with Gasteiger partial charge >= 0.3 is 13.3 Å². The van der Waals surface area contributed by atoms with Gasteiger partial charge in [0.2, 0.25) is 11.4 Å². The first-order chi connectivity index (χ1) is 20.9. The quantitative estimate of drug-likeness (QED) is 0.108. The van der Waals surface area contributed by atoms with Gasteiger partial charge < -0.3 is 27.3 Å². The fraction of sp³-hybridized carbons (Fsp3) is 0.314. The van der Waals surface area contributed by atoms with E-state index in [-0.39, 0.29) is 6.09 Å². The summed E-state index contributed by atoms with van der Waals surface area (Å²) < 4.78 is 47.0. The number of alkyl carbamates (subject to hydrolysis) is 1. The molecule has 6 rings (SSSR count). The summed E-state index contributed by atoms with van der Waals surface area (Å²) in [4.78, 5) is 12.3. The van der Waals surface area contributed by atoms with Crippen LogP contribution in [0.5, 0.6) is 0 Å². The van der Waals surface area contributed by atoms with Gasteiger partial charge in [-0.15, -0.1) is 0 Å². The van der Waals surface area contributed by atoms with Crippen LogP contribution in [-0.4, -0.2) is 25.5 Å². The molecule has 0 radical (unpaired) electrons. The van der Waals surface area contributed by atoms with Crippen molar-refractivity contribution in [2.45, 2.75) is 65.0 Å². The number of hydrogen-bond acceptors (Lipinski definition) is 2. The van der Waals surface area contributed by atoms with Crippen LogP contribution in [0.25, 0.3) is 33.6 Å². The van der Waals surface area contributed by atoms with Gasteiger partial charge in [0.25, 0.3) is 0 Å². The highest BCUT2D eigenvalue weighted by atomic mass is 19.5. The Hall–Kier alpha value is -4.14. The summed E-state index contributed by atoms with van der Waals surface area (Å²) in [5.41, 5.74) is 13.3. The van der Waals surface area contributed by atoms with Crippen molar-refractivity contribution in [2.24, 2.45) is 0 Å². The van der Waals surface area contributed by atoms with Crippen molar-refractivity contribution in [1.29, 1.82) is 0 Å². The van der Waals surface area contributed by atoms with Gasteiger partial charge in [-0.05, 0) is 75.3 Å². The van der Waals surface area contributed by atoms with Gasteiger partial charge in [0.15, 0.2) is 6.54 Å². The second-order valence-electron chi connectivity index (χ2n) is 12.1. The Balaban J connectivity index is 0.000000712. The summed E-state index contributed by atoms with van der Waals surface area (Å²) in [6.45, 7) is 7.06. The van der Waals surface area contributed by atoms with Crippen LogP contribution in [0.4, 0.5) is 22.1 Å². The van der Waals surface area contributed by atoms with Crippen LogP contribution in [0.15, 0.2) is 78.9 Å². The number of nitrogens with zero attached hydrogens (tertiary/aromatic N) is 1. The Labute approximate surface area is 256 Å². The molecule has 0 saturated carbocycles. The smallest absolute Gasteiger partial charge is 0.444 e. The van der Waals surface area contributed by atoms with E-state index in [0.29, 0.717) is 6.54 Å². The Bertz CT molecular complexity index is 1570. The standard InChI is InChI=1S/C35H36N2O2.BF4/c1-35(2,3)39-34(38)36-22-11-23-37-32-27-16-9-7-12-24(27)18-20-29(32)31(26-14-5-4-6-15-26)30-21-19-25-13-8-10-17-28(25)33(30)37;2-1(3,4)5/h4-10,12-17H,11,18-23H2,1-3H3;/q;-1/p+1. The highest BCUT2D eigenvalue weighted by molar-refractivity contribution is 6.50. The topological polar surface area (TPSA) is 42.2 Å². The van der Waals surface area contributed by atoms with E-state index < -0.39 is 12.9 Å². The van der Waals surface area contributed by atoms with Crippen molar-refractivity contribution in [3.8, 4) is 33.6 Å². The van der Waals surface area contributed by atoms with E-state index in [1.807, 2.05) is 20.8 Å². The van der Waals surface area contributed by atoms with Gasteiger partial charge in [0, 0.05) is 40.8 Å². The molecular formula is C35H37BF4N2O2. The summed E-state index contributed by atoms with van der Waals surface area (Å²) in [7, 11) is -6.00. The molecule has 1 heterocycles. The second-order valence-corrected chi connectivity index (χ2v) is 12.1. The monoisotopic (exact) mass is 604 g/mol. The van der Waals surface area contributed by atoms with E-state index in [1.165, 1.54) is 55.9 Å². The fourth-order valence-electron chi connectivity index (χ4n) is 6.34. The minimum absolute atomic E-state index is 0.355. The van der Waals surface area contributed by atoms with Gasteiger partial charge in [-0.2, -0.15) is 4.57 Å². The first kappa shape index (κ1) is 31.3. The molecule has 2 aliphatic rings. The van der Waals surface area contributed by atoms with Crippen molar-refractivity contribution < 1.29 is 31.4 Å². The van der Waals surface area contributed by atoms with Crippen LogP contribution in [0.1, 0.15) is 49.4 Å². The molecule has 4 aromatic rings. The Morgan fingerprint density at radius 3 is 1.75 bits per heavy atom. The van der Waals surface area contributed by atoms with E-state index in [9.17, 15) is 22.1 Å². The van der Waals surface area contributed by atoms with Crippen LogP contribution < -0.4 is 9.88 Å². The average Bonchev–Trinajstić information content (AvgIpc) is 2.97. The maximum absolute atomic E-state index is 12.3. The number of aryl methyl sites for hydroxylation is 2. The number of aromatic nitrogens is 1. The van der Waals surface area contributed by atoms with Crippen LogP contribution in [0, 0.1) is 0 Å². The second kappa shape index (κ2) is 12.8. The minimum atomic E-state index is -6.00. The van der Waals surface area contributed by atoms with Crippen LogP contribution >= 0.6 is 0 Å². The summed E-state index contributed by atoms with van der Waals surface area (Å²) in [5.74, 6) is 0. The van der Waals surface area contributed by atoms with Gasteiger partial charge in [-0.3, -0.25) is 0 Å². The molecule has 1 N–H and O–H groups in total. The zero-order chi connectivity index (χ0) is 31.5. The molecule has 0 atom stereocenters. The van der Waals surface area contributed by atoms with Crippen molar-refractivity contribution in [3.05, 3.63) is 101 Å². The predicted molar refractivity (Wildman–Crippen MR) is 167 cm³/mol. The molecule has 0 aliphatic heterocycles. The van der Waals surface area contributed by atoms with Crippen LogP contribution in [0.2, 0.25) is 0 Å². The van der Waals surface area contributed by atoms with Gasteiger partial charge in [-0.25, -0.2) is 4.79 Å². The molecule has 1 amide bonds. The molecule has 4 nitrogen and oxygen atoms in total. The SMILES string of the molecule is CC(C)(C)OC(=O)NCCC[n+]1c2c(c(-c3ccccc3)c3c1-c1ccccc1CC3)CCc1ccccc1-2.F[B-](F)(F)F. The zero-order valence-corrected chi connectivity index (χ0v) is 25.3. The lowest BCUT2D eigenvalue weighted by molar-refractivity contribution is -0.676. The highest BCUT2D eigenvalue weighted by Gasteiger charge is 2.37. The first-order valence-electron chi connectivity index (χ1n) is 15.1. The van der Waals surface area contributed by atoms with Crippen LogP contribution in [-0.2, 0) is 37.0 Å². The maximum atomic E-state index is 12.3. The van der Waals surface area contributed by atoms with E-state index in [1.54, 1.807) is 0 Å². The normalized spacial score (nSPS) is 13.3. The molecule has 0 fully saturated rings. The largest absolute Gasteiger partial charge is 0.673 e. The van der Waals surface area contributed by atoms with E-state index in [2.05, 4.69) is 88.7 Å². The number of carbonyl (C=O) groups excluding carboxylic acids is 1. The number of amides is 1. The number of fused-ring (bicyclic) bond motifs is 6. The number of halogens is 4. The molecule has 1 aromatic heterocycles. The molecule has 0 spiro atoms. The third kappa shape index (κ3) is 7.32. The first-order valence-corrected chi connectivity index (χ1v) is 15.1. The minimum Gasteiger partial charge on any atom is -0.444 e. The molecule has 0 saturated heterocycles. The van der Waals surface area contributed by atoms with E-state index in [4.69, 9.17) is 4.74 Å². The van der Waals surface area contributed by atoms with E-state index >= 15 is 0 Å². The third-order valence-electron chi connectivity index (χ3n) is 7.84. The maximum Gasteiger partial charge on any atom is 0.673 e. The van der Waals surface area contributed by atoms with Gasteiger partial charge in [0.1, 0.15) is 5.60 Å². The summed E-state index contributed by atoms with van der Waals surface area (Å²) in [5, 5.41) is 2.97. The van der Waals surface area contributed by atoms with Crippen molar-refractivity contribution in [3.63, 3.8) is 0 Å². The number of benzene rings is 3. The lowest BCUT2D eigenvalue weighted by Gasteiger charge is -2.28. The molecule has 0 bridgehead atoms. The Morgan fingerprint density at radius 2 is 1.25 bits per heavy atom. The number of carbonyl (C=O) groups is 1. The fourth-order valence-corrected chi connectivity index (χ4v) is 6.34.